The number of carboxylic acids is 1. The van der Waals surface area contributed by atoms with Crippen molar-refractivity contribution in [2.75, 3.05) is 13.2 Å². The van der Waals surface area contributed by atoms with Gasteiger partial charge < -0.3 is 19.7 Å². The third-order valence-electron chi connectivity index (χ3n) is 3.77. The Hall–Kier alpha value is -1.91. The van der Waals surface area contributed by atoms with E-state index in [1.807, 2.05) is 0 Å². The van der Waals surface area contributed by atoms with Gasteiger partial charge in [0.15, 0.2) is 11.5 Å². The highest BCUT2D eigenvalue weighted by atomic mass is 16.5. The first-order valence-electron chi connectivity index (χ1n) is 6.46. The molecule has 5 nitrogen and oxygen atoms in total. The second kappa shape index (κ2) is 4.33. The maximum Gasteiger partial charge on any atom is 0.304 e. The van der Waals surface area contributed by atoms with Crippen molar-refractivity contribution in [1.82, 2.24) is 0 Å². The van der Waals surface area contributed by atoms with Gasteiger partial charge in [0.25, 0.3) is 0 Å². The van der Waals surface area contributed by atoms with Crippen LogP contribution in [0, 0.1) is 0 Å². The normalized spacial score (nSPS) is 19.6. The Morgan fingerprint density at radius 1 is 1.26 bits per heavy atom. The number of carboxylic acid groups (broad SMARTS) is 1. The summed E-state index contributed by atoms with van der Waals surface area (Å²) in [4.78, 5) is 11.0. The molecule has 2 aliphatic rings. The van der Waals surface area contributed by atoms with E-state index in [2.05, 4.69) is 0 Å². The maximum absolute atomic E-state index is 11.0. The van der Waals surface area contributed by atoms with E-state index in [9.17, 15) is 9.90 Å². The topological polar surface area (TPSA) is 76.0 Å². The van der Waals surface area contributed by atoms with E-state index in [1.54, 1.807) is 12.1 Å². The predicted octanol–water partition coefficient (Wildman–Crippen LogP) is 2.06. The van der Waals surface area contributed by atoms with Crippen molar-refractivity contribution in [3.8, 4) is 17.2 Å². The van der Waals surface area contributed by atoms with Crippen LogP contribution in [-0.2, 0) is 10.2 Å². The molecule has 3 rings (SSSR count). The summed E-state index contributed by atoms with van der Waals surface area (Å²) < 4.78 is 11.3. The number of carbonyl (C=O) groups is 1. The molecule has 1 fully saturated rings. The number of hydrogen-bond donors (Lipinski definition) is 2. The van der Waals surface area contributed by atoms with Crippen molar-refractivity contribution in [3.05, 3.63) is 17.7 Å². The number of ether oxygens (including phenoxy) is 2. The van der Waals surface area contributed by atoms with Gasteiger partial charge in [0.1, 0.15) is 5.75 Å². The van der Waals surface area contributed by atoms with Crippen molar-refractivity contribution >= 4 is 5.97 Å². The fourth-order valence-corrected chi connectivity index (χ4v) is 2.69. The fraction of sp³-hybridized carbons (Fsp3) is 0.500. The SMILES string of the molecule is O=C(O)CC1(c2c(O)ccc3c2OCCCO3)CC1. The minimum atomic E-state index is -0.857. The van der Waals surface area contributed by atoms with Gasteiger partial charge >= 0.3 is 5.97 Å². The Morgan fingerprint density at radius 3 is 2.68 bits per heavy atom. The van der Waals surface area contributed by atoms with Gasteiger partial charge in [-0.1, -0.05) is 0 Å². The van der Waals surface area contributed by atoms with E-state index in [0.717, 1.165) is 19.3 Å². The highest BCUT2D eigenvalue weighted by molar-refractivity contribution is 5.72. The zero-order valence-corrected chi connectivity index (χ0v) is 10.5. The van der Waals surface area contributed by atoms with Gasteiger partial charge in [-0.2, -0.15) is 0 Å². The monoisotopic (exact) mass is 264 g/mol. The van der Waals surface area contributed by atoms with E-state index < -0.39 is 11.4 Å². The molecule has 19 heavy (non-hydrogen) atoms. The van der Waals surface area contributed by atoms with Crippen LogP contribution in [0.4, 0.5) is 0 Å². The molecule has 1 aromatic rings. The van der Waals surface area contributed by atoms with E-state index in [1.165, 1.54) is 0 Å². The van der Waals surface area contributed by atoms with Crippen LogP contribution in [0.15, 0.2) is 12.1 Å². The Morgan fingerprint density at radius 2 is 2.00 bits per heavy atom. The van der Waals surface area contributed by atoms with Crippen LogP contribution in [0.3, 0.4) is 0 Å². The largest absolute Gasteiger partial charge is 0.508 e. The zero-order valence-electron chi connectivity index (χ0n) is 10.5. The van der Waals surface area contributed by atoms with Crippen molar-refractivity contribution < 1.29 is 24.5 Å². The minimum absolute atomic E-state index is 0.0143. The molecule has 1 aromatic carbocycles. The number of aromatic hydroxyl groups is 1. The van der Waals surface area contributed by atoms with Gasteiger partial charge in [0.05, 0.1) is 19.6 Å². The lowest BCUT2D eigenvalue weighted by molar-refractivity contribution is -0.137. The maximum atomic E-state index is 11.0. The predicted molar refractivity (Wildman–Crippen MR) is 66.9 cm³/mol. The highest BCUT2D eigenvalue weighted by Crippen LogP contribution is 2.58. The summed E-state index contributed by atoms with van der Waals surface area (Å²) in [6.07, 6.45) is 2.31. The molecule has 5 heteroatoms. The number of phenolic OH excluding ortho intramolecular Hbond substituents is 1. The van der Waals surface area contributed by atoms with Crippen LogP contribution < -0.4 is 9.47 Å². The summed E-state index contributed by atoms with van der Waals surface area (Å²) in [6, 6.07) is 3.24. The quantitative estimate of drug-likeness (QED) is 0.874. The van der Waals surface area contributed by atoms with Crippen LogP contribution in [0.1, 0.15) is 31.2 Å². The van der Waals surface area contributed by atoms with Gasteiger partial charge in [-0.3, -0.25) is 4.79 Å². The molecule has 1 saturated carbocycles. The van der Waals surface area contributed by atoms with Crippen LogP contribution >= 0.6 is 0 Å². The second-order valence-corrected chi connectivity index (χ2v) is 5.19. The third kappa shape index (κ3) is 2.09. The number of hydrogen-bond acceptors (Lipinski definition) is 4. The molecule has 0 saturated heterocycles. The Labute approximate surface area is 110 Å². The smallest absolute Gasteiger partial charge is 0.304 e. The standard InChI is InChI=1S/C14H16O5/c15-9-2-3-10-13(19-7-1-6-18-10)12(9)14(4-5-14)8-11(16)17/h2-3,15H,1,4-8H2,(H,16,17). The number of aliphatic carboxylic acids is 1. The molecular formula is C14H16O5. The summed E-state index contributed by atoms with van der Waals surface area (Å²) in [5.74, 6) is 0.366. The average molecular weight is 264 g/mol. The van der Waals surface area contributed by atoms with Gasteiger partial charge in [-0.15, -0.1) is 0 Å². The summed E-state index contributed by atoms with van der Waals surface area (Å²) in [6.45, 7) is 1.09. The summed E-state index contributed by atoms with van der Waals surface area (Å²) in [5, 5.41) is 19.2. The van der Waals surface area contributed by atoms with E-state index in [-0.39, 0.29) is 12.2 Å². The van der Waals surface area contributed by atoms with Crippen LogP contribution in [-0.4, -0.2) is 29.4 Å². The molecule has 1 aliphatic heterocycles. The molecule has 1 aliphatic carbocycles. The van der Waals surface area contributed by atoms with Crippen LogP contribution in [0.2, 0.25) is 0 Å². The Kier molecular flexibility index (Phi) is 2.77. The molecule has 0 radical (unpaired) electrons. The lowest BCUT2D eigenvalue weighted by Gasteiger charge is -2.20. The Bertz CT molecular complexity index is 519. The van der Waals surface area contributed by atoms with Crippen molar-refractivity contribution in [2.24, 2.45) is 0 Å². The summed E-state index contributed by atoms with van der Waals surface area (Å²) in [7, 11) is 0. The van der Waals surface area contributed by atoms with E-state index in [4.69, 9.17) is 14.6 Å². The Balaban J connectivity index is 2.07. The molecule has 0 aromatic heterocycles. The lowest BCUT2D eigenvalue weighted by atomic mass is 9.90. The van der Waals surface area contributed by atoms with Crippen LogP contribution in [0.25, 0.3) is 0 Å². The first kappa shape index (κ1) is 12.1. The number of rotatable bonds is 3. The molecule has 0 spiro atoms. The van der Waals surface area contributed by atoms with Gasteiger partial charge in [-0.25, -0.2) is 0 Å². The van der Waals surface area contributed by atoms with Crippen LogP contribution in [0.5, 0.6) is 17.2 Å². The molecule has 102 valence electrons. The van der Waals surface area contributed by atoms with Gasteiger partial charge in [-0.05, 0) is 25.0 Å². The number of benzene rings is 1. The fourth-order valence-electron chi connectivity index (χ4n) is 2.69. The first-order chi connectivity index (χ1) is 9.12. The summed E-state index contributed by atoms with van der Waals surface area (Å²) in [5.41, 5.74) is 0.115. The second-order valence-electron chi connectivity index (χ2n) is 5.19. The number of phenols is 1. The summed E-state index contributed by atoms with van der Waals surface area (Å²) >= 11 is 0. The zero-order chi connectivity index (χ0) is 13.5. The molecule has 0 atom stereocenters. The van der Waals surface area contributed by atoms with Crippen molar-refractivity contribution in [2.45, 2.75) is 31.1 Å². The molecule has 0 unspecified atom stereocenters. The minimum Gasteiger partial charge on any atom is -0.508 e. The van der Waals surface area contributed by atoms with Crippen molar-refractivity contribution in [3.63, 3.8) is 0 Å². The van der Waals surface area contributed by atoms with E-state index >= 15 is 0 Å². The van der Waals surface area contributed by atoms with Gasteiger partial charge in [0.2, 0.25) is 0 Å². The number of fused-ring (bicyclic) bond motifs is 1. The van der Waals surface area contributed by atoms with Gasteiger partial charge in [0, 0.05) is 17.4 Å². The molecule has 0 amide bonds. The third-order valence-corrected chi connectivity index (χ3v) is 3.77. The van der Waals surface area contributed by atoms with E-state index in [0.29, 0.717) is 30.3 Å². The van der Waals surface area contributed by atoms with Crippen molar-refractivity contribution in [1.29, 1.82) is 0 Å². The molecular weight excluding hydrogens is 248 g/mol. The first-order valence-corrected chi connectivity index (χ1v) is 6.46. The highest BCUT2D eigenvalue weighted by Gasteiger charge is 2.50. The average Bonchev–Trinajstić information content (AvgIpc) is 3.12. The lowest BCUT2D eigenvalue weighted by Crippen LogP contribution is -2.15. The molecule has 0 bridgehead atoms. The molecule has 1 heterocycles. The molecule has 2 N–H and O–H groups in total.